The van der Waals surface area contributed by atoms with E-state index in [-0.39, 0.29) is 11.9 Å². The minimum absolute atomic E-state index is 0.0439. The Bertz CT molecular complexity index is 787. The van der Waals surface area contributed by atoms with Gasteiger partial charge in [-0.3, -0.25) is 4.90 Å². The van der Waals surface area contributed by atoms with Crippen molar-refractivity contribution in [3.05, 3.63) is 57.3 Å². The van der Waals surface area contributed by atoms with E-state index in [1.165, 1.54) is 17.0 Å². The highest BCUT2D eigenvalue weighted by atomic mass is 35.5. The van der Waals surface area contributed by atoms with Crippen LogP contribution in [-0.4, -0.2) is 22.1 Å². The van der Waals surface area contributed by atoms with Gasteiger partial charge in [0.25, 0.3) is 0 Å². The Morgan fingerprint density at radius 1 is 1.22 bits per heavy atom. The minimum atomic E-state index is -0.295. The van der Waals surface area contributed by atoms with Crippen molar-refractivity contribution in [1.29, 1.82) is 0 Å². The summed E-state index contributed by atoms with van der Waals surface area (Å²) < 4.78 is 19.5. The van der Waals surface area contributed by atoms with Crippen LogP contribution in [0, 0.1) is 5.82 Å². The normalized spacial score (nSPS) is 12.7. The van der Waals surface area contributed by atoms with E-state index < -0.39 is 0 Å². The molecule has 1 aromatic carbocycles. The molecule has 0 amide bonds. The van der Waals surface area contributed by atoms with Crippen LogP contribution in [0.4, 0.5) is 4.39 Å². The van der Waals surface area contributed by atoms with E-state index in [9.17, 15) is 4.39 Å². The van der Waals surface area contributed by atoms with Crippen LogP contribution >= 0.6 is 22.9 Å². The second-order valence-electron chi connectivity index (χ2n) is 5.25. The summed E-state index contributed by atoms with van der Waals surface area (Å²) >= 11 is 7.51. The fraction of sp³-hybridized carbons (Fsp3) is 0.250. The predicted molar refractivity (Wildman–Crippen MR) is 88.9 cm³/mol. The van der Waals surface area contributed by atoms with Gasteiger partial charge in [-0.25, -0.2) is 4.39 Å². The molecule has 0 aliphatic rings. The zero-order valence-electron chi connectivity index (χ0n) is 12.7. The van der Waals surface area contributed by atoms with E-state index in [1.807, 2.05) is 26.1 Å². The third-order valence-corrected chi connectivity index (χ3v) is 4.80. The van der Waals surface area contributed by atoms with Crippen molar-refractivity contribution in [2.75, 3.05) is 7.05 Å². The second kappa shape index (κ2) is 6.78. The minimum Gasteiger partial charge on any atom is -0.419 e. The largest absolute Gasteiger partial charge is 0.419 e. The third kappa shape index (κ3) is 3.77. The fourth-order valence-corrected chi connectivity index (χ4v) is 3.27. The molecule has 2 heterocycles. The molecule has 1 atom stereocenters. The molecule has 23 heavy (non-hydrogen) atoms. The molecule has 0 fully saturated rings. The first-order chi connectivity index (χ1) is 11.0. The summed E-state index contributed by atoms with van der Waals surface area (Å²) in [7, 11) is 1.99. The van der Waals surface area contributed by atoms with Crippen molar-refractivity contribution in [3.63, 3.8) is 0 Å². The smallest absolute Gasteiger partial charge is 0.247 e. The Morgan fingerprint density at radius 2 is 1.96 bits per heavy atom. The van der Waals surface area contributed by atoms with Crippen molar-refractivity contribution >= 4 is 22.9 Å². The lowest BCUT2D eigenvalue weighted by Crippen LogP contribution is -2.21. The molecule has 0 N–H and O–H groups in total. The van der Waals surface area contributed by atoms with Gasteiger partial charge in [-0.05, 0) is 50.4 Å². The first-order valence-corrected chi connectivity index (χ1v) is 8.26. The van der Waals surface area contributed by atoms with Gasteiger partial charge in [-0.15, -0.1) is 21.5 Å². The molecule has 2 aromatic heterocycles. The first kappa shape index (κ1) is 16.1. The van der Waals surface area contributed by atoms with Crippen LogP contribution in [0.1, 0.15) is 23.7 Å². The molecule has 0 spiro atoms. The number of thiophene rings is 1. The summed E-state index contributed by atoms with van der Waals surface area (Å²) in [6.45, 7) is 2.74. The van der Waals surface area contributed by atoms with Crippen molar-refractivity contribution < 1.29 is 8.81 Å². The fourth-order valence-electron chi connectivity index (χ4n) is 2.12. The molecule has 0 bridgehead atoms. The van der Waals surface area contributed by atoms with Gasteiger partial charge in [0.05, 0.1) is 10.4 Å². The molecule has 0 saturated heterocycles. The van der Waals surface area contributed by atoms with Crippen molar-refractivity contribution in [1.82, 2.24) is 15.1 Å². The van der Waals surface area contributed by atoms with Crippen molar-refractivity contribution in [2.45, 2.75) is 19.5 Å². The van der Waals surface area contributed by atoms with E-state index in [4.69, 9.17) is 16.0 Å². The predicted octanol–water partition coefficient (Wildman–Crippen LogP) is 4.78. The average Bonchev–Trinajstić information content (AvgIpc) is 3.16. The van der Waals surface area contributed by atoms with Crippen molar-refractivity contribution in [2.24, 2.45) is 0 Å². The lowest BCUT2D eigenvalue weighted by molar-refractivity contribution is 0.219. The van der Waals surface area contributed by atoms with Gasteiger partial charge < -0.3 is 4.42 Å². The number of rotatable bonds is 5. The molecule has 4 nitrogen and oxygen atoms in total. The Labute approximate surface area is 142 Å². The second-order valence-corrected chi connectivity index (χ2v) is 7.05. The molecule has 0 radical (unpaired) electrons. The molecule has 120 valence electrons. The SMILES string of the molecule is C[C@@H](c1nnc(-c2ccc(F)cc2)o1)N(C)Cc1ccc(Cl)s1. The van der Waals surface area contributed by atoms with Crippen LogP contribution < -0.4 is 0 Å². The lowest BCUT2D eigenvalue weighted by Gasteiger charge is -2.20. The summed E-state index contributed by atoms with van der Waals surface area (Å²) in [5.74, 6) is 0.616. The maximum absolute atomic E-state index is 13.0. The van der Waals surface area contributed by atoms with E-state index in [0.29, 0.717) is 17.3 Å². The summed E-state index contributed by atoms with van der Waals surface area (Å²) in [4.78, 5) is 3.27. The maximum atomic E-state index is 13.0. The highest BCUT2D eigenvalue weighted by Crippen LogP contribution is 2.27. The Morgan fingerprint density at radius 3 is 2.61 bits per heavy atom. The topological polar surface area (TPSA) is 42.2 Å². The highest BCUT2D eigenvalue weighted by molar-refractivity contribution is 7.16. The Balaban J connectivity index is 1.72. The summed E-state index contributed by atoms with van der Waals surface area (Å²) in [6.07, 6.45) is 0. The van der Waals surface area contributed by atoms with Gasteiger partial charge in [0, 0.05) is 17.0 Å². The first-order valence-electron chi connectivity index (χ1n) is 7.06. The van der Waals surface area contributed by atoms with Gasteiger partial charge in [0.15, 0.2) is 0 Å². The maximum Gasteiger partial charge on any atom is 0.247 e. The molecule has 0 unspecified atom stereocenters. The van der Waals surface area contributed by atoms with Gasteiger partial charge >= 0.3 is 0 Å². The number of nitrogens with zero attached hydrogens (tertiary/aromatic N) is 3. The quantitative estimate of drug-likeness (QED) is 0.663. The van der Waals surface area contributed by atoms with Gasteiger partial charge in [-0.1, -0.05) is 11.6 Å². The molecule has 0 aliphatic heterocycles. The van der Waals surface area contributed by atoms with Crippen LogP contribution in [0.15, 0.2) is 40.8 Å². The average molecular weight is 352 g/mol. The van der Waals surface area contributed by atoms with E-state index in [2.05, 4.69) is 15.1 Å². The van der Waals surface area contributed by atoms with Crippen LogP contribution in [0.5, 0.6) is 0 Å². The van der Waals surface area contributed by atoms with Crippen LogP contribution in [0.25, 0.3) is 11.5 Å². The molecule has 7 heteroatoms. The van der Waals surface area contributed by atoms with Crippen LogP contribution in [0.3, 0.4) is 0 Å². The standard InChI is InChI=1S/C16H15ClFN3OS/c1-10(21(2)9-13-7-8-14(17)23-13)15-19-20-16(22-15)11-3-5-12(18)6-4-11/h3-8,10H,9H2,1-2H3/t10-/m0/s1. The Kier molecular flexibility index (Phi) is 4.75. The number of halogens is 2. The lowest BCUT2D eigenvalue weighted by atomic mass is 10.2. The summed E-state index contributed by atoms with van der Waals surface area (Å²) in [6, 6.07) is 9.83. The third-order valence-electron chi connectivity index (χ3n) is 3.58. The number of hydrogen-bond acceptors (Lipinski definition) is 5. The van der Waals surface area contributed by atoms with Crippen molar-refractivity contribution in [3.8, 4) is 11.5 Å². The van der Waals surface area contributed by atoms with Gasteiger partial charge in [0.1, 0.15) is 5.82 Å². The molecular formula is C16H15ClFN3OS. The van der Waals surface area contributed by atoms with E-state index in [1.54, 1.807) is 23.5 Å². The van der Waals surface area contributed by atoms with Crippen LogP contribution in [-0.2, 0) is 6.54 Å². The van der Waals surface area contributed by atoms with Gasteiger partial charge in [0.2, 0.25) is 11.8 Å². The summed E-state index contributed by atoms with van der Waals surface area (Å²) in [5, 5.41) is 8.15. The van der Waals surface area contributed by atoms with E-state index >= 15 is 0 Å². The number of hydrogen-bond donors (Lipinski definition) is 0. The molecular weight excluding hydrogens is 337 g/mol. The van der Waals surface area contributed by atoms with Crippen LogP contribution in [0.2, 0.25) is 4.34 Å². The number of aromatic nitrogens is 2. The molecule has 3 aromatic rings. The highest BCUT2D eigenvalue weighted by Gasteiger charge is 2.19. The molecule has 3 rings (SSSR count). The summed E-state index contributed by atoms with van der Waals surface area (Å²) in [5.41, 5.74) is 0.699. The van der Waals surface area contributed by atoms with E-state index in [0.717, 1.165) is 10.9 Å². The zero-order valence-corrected chi connectivity index (χ0v) is 14.2. The number of benzene rings is 1. The monoisotopic (exact) mass is 351 g/mol. The molecule has 0 aliphatic carbocycles. The van der Waals surface area contributed by atoms with Gasteiger partial charge in [-0.2, -0.15) is 0 Å². The zero-order chi connectivity index (χ0) is 16.4. The Hall–Kier alpha value is -1.76. The molecule has 0 saturated carbocycles.